The summed E-state index contributed by atoms with van der Waals surface area (Å²) in [5.41, 5.74) is 5.23. The minimum absolute atomic E-state index is 0.00205. The van der Waals surface area contributed by atoms with Crippen molar-refractivity contribution in [1.82, 2.24) is 14.6 Å². The van der Waals surface area contributed by atoms with Crippen LogP contribution in [0.15, 0.2) is 88.9 Å². The molecule has 2 aliphatic heterocycles. The van der Waals surface area contributed by atoms with Gasteiger partial charge in [0.2, 0.25) is 5.17 Å². The normalized spacial score (nSPS) is 16.1. The third kappa shape index (κ3) is 4.84. The molecule has 2 aromatic carbocycles. The van der Waals surface area contributed by atoms with Crippen LogP contribution in [0, 0.1) is 12.3 Å². The number of aromatic nitrogens is 2. The van der Waals surface area contributed by atoms with Crippen molar-refractivity contribution in [2.24, 2.45) is 10.1 Å². The van der Waals surface area contributed by atoms with Gasteiger partial charge in [-0.05, 0) is 66.1 Å². The molecule has 0 radical (unpaired) electrons. The van der Waals surface area contributed by atoms with Crippen molar-refractivity contribution in [1.29, 1.82) is 5.41 Å². The molecule has 0 bridgehead atoms. The van der Waals surface area contributed by atoms with Gasteiger partial charge in [0.25, 0.3) is 5.91 Å². The second kappa shape index (κ2) is 10.6. The third-order valence-corrected chi connectivity index (χ3v) is 7.82. The van der Waals surface area contributed by atoms with Gasteiger partial charge in [-0.2, -0.15) is 15.1 Å². The summed E-state index contributed by atoms with van der Waals surface area (Å²) in [6, 6.07) is 18.1. The van der Waals surface area contributed by atoms with E-state index in [1.54, 1.807) is 18.5 Å². The van der Waals surface area contributed by atoms with E-state index < -0.39 is 5.91 Å². The first kappa shape index (κ1) is 25.8. The summed E-state index contributed by atoms with van der Waals surface area (Å²) in [5.74, 6) is 0.833. The highest BCUT2D eigenvalue weighted by atomic mass is 32.2. The van der Waals surface area contributed by atoms with Crippen molar-refractivity contribution in [2.75, 3.05) is 6.61 Å². The zero-order valence-electron chi connectivity index (χ0n) is 22.5. The number of hydrazone groups is 1. The van der Waals surface area contributed by atoms with Crippen LogP contribution in [0.3, 0.4) is 0 Å². The number of carbonyl (C=O) groups excluding carboxylic acids is 1. The number of carbonyl (C=O) groups is 1. The van der Waals surface area contributed by atoms with Gasteiger partial charge >= 0.3 is 0 Å². The fourth-order valence-electron chi connectivity index (χ4n) is 4.83. The molecule has 9 heteroatoms. The predicted octanol–water partition coefficient (Wildman–Crippen LogP) is 6.21. The molecule has 0 atom stereocenters. The number of benzene rings is 2. The number of hydrogen-bond donors (Lipinski definition) is 1. The summed E-state index contributed by atoms with van der Waals surface area (Å²) in [6.45, 7) is 7.53. The number of ether oxygens (including phenoxy) is 1. The Bertz CT molecular complexity index is 1740. The first-order chi connectivity index (χ1) is 19.4. The van der Waals surface area contributed by atoms with E-state index in [9.17, 15) is 4.79 Å². The van der Waals surface area contributed by atoms with Gasteiger partial charge in [0.1, 0.15) is 17.4 Å². The topological polar surface area (TPSA) is 95.9 Å². The van der Waals surface area contributed by atoms with E-state index >= 15 is 0 Å². The van der Waals surface area contributed by atoms with Gasteiger partial charge in [-0.25, -0.2) is 0 Å². The molecule has 2 aliphatic rings. The van der Waals surface area contributed by atoms with Gasteiger partial charge in [0.15, 0.2) is 5.84 Å². The zero-order valence-corrected chi connectivity index (χ0v) is 23.3. The lowest BCUT2D eigenvalue weighted by molar-refractivity contribution is -0.114. The summed E-state index contributed by atoms with van der Waals surface area (Å²) < 4.78 is 8.38. The maximum atomic E-state index is 13.1. The van der Waals surface area contributed by atoms with Gasteiger partial charge in [-0.15, -0.1) is 0 Å². The summed E-state index contributed by atoms with van der Waals surface area (Å²) in [7, 11) is 0. The number of nitrogens with zero attached hydrogens (tertiary/aromatic N) is 5. The second-order valence-corrected chi connectivity index (χ2v) is 11.0. The minimum atomic E-state index is -0.452. The Kier molecular flexibility index (Phi) is 6.81. The SMILES string of the molecule is Cc1ccc(C(C)C)c(OCCn2cc(C=C3C(=N)N4N=C(c5cccnc5)SC4=NC3=O)c3ccccc32)c1. The van der Waals surface area contributed by atoms with Gasteiger partial charge in [-0.3, -0.25) is 15.2 Å². The van der Waals surface area contributed by atoms with E-state index in [-0.39, 0.29) is 11.4 Å². The Balaban J connectivity index is 1.27. The smallest absolute Gasteiger partial charge is 0.283 e. The molecule has 200 valence electrons. The highest BCUT2D eigenvalue weighted by Gasteiger charge is 2.36. The minimum Gasteiger partial charge on any atom is -0.491 e. The van der Waals surface area contributed by atoms with Crippen LogP contribution in [0.4, 0.5) is 0 Å². The number of amides is 1. The van der Waals surface area contributed by atoms with E-state index in [4.69, 9.17) is 10.1 Å². The molecule has 1 N–H and O–H groups in total. The lowest BCUT2D eigenvalue weighted by Gasteiger charge is -2.20. The molecular formula is C31H28N6O2S. The molecule has 4 heterocycles. The van der Waals surface area contributed by atoms with Crippen LogP contribution in [0.1, 0.15) is 42.0 Å². The van der Waals surface area contributed by atoms with E-state index in [1.807, 2.05) is 36.5 Å². The highest BCUT2D eigenvalue weighted by molar-refractivity contribution is 8.27. The van der Waals surface area contributed by atoms with Crippen molar-refractivity contribution in [3.05, 3.63) is 101 Å². The zero-order chi connectivity index (χ0) is 27.8. The summed E-state index contributed by atoms with van der Waals surface area (Å²) in [5, 5.41) is 16.8. The number of aryl methyl sites for hydroxylation is 1. The fourth-order valence-corrected chi connectivity index (χ4v) is 5.71. The van der Waals surface area contributed by atoms with E-state index in [0.717, 1.165) is 27.8 Å². The number of pyridine rings is 1. The van der Waals surface area contributed by atoms with Crippen LogP contribution in [0.2, 0.25) is 0 Å². The van der Waals surface area contributed by atoms with Crippen LogP contribution in [0.25, 0.3) is 17.0 Å². The Morgan fingerprint density at radius 1 is 1.12 bits per heavy atom. The molecule has 6 rings (SSSR count). The monoisotopic (exact) mass is 548 g/mol. The van der Waals surface area contributed by atoms with Crippen LogP contribution >= 0.6 is 11.8 Å². The van der Waals surface area contributed by atoms with Crippen molar-refractivity contribution in [3.63, 3.8) is 0 Å². The molecule has 0 unspecified atom stereocenters. The molecule has 40 heavy (non-hydrogen) atoms. The number of amidine groups is 2. The Labute approximate surface area is 236 Å². The van der Waals surface area contributed by atoms with Gasteiger partial charge in [0.05, 0.1) is 12.1 Å². The molecule has 1 amide bonds. The first-order valence-corrected chi connectivity index (χ1v) is 13.9. The Morgan fingerprint density at radius 3 is 2.77 bits per heavy atom. The van der Waals surface area contributed by atoms with E-state index in [0.29, 0.717) is 29.3 Å². The molecule has 2 aromatic heterocycles. The Hall–Kier alpha value is -4.50. The van der Waals surface area contributed by atoms with Crippen LogP contribution in [-0.4, -0.2) is 43.1 Å². The van der Waals surface area contributed by atoms with Crippen molar-refractivity contribution in [3.8, 4) is 5.75 Å². The van der Waals surface area contributed by atoms with E-state index in [2.05, 4.69) is 64.7 Å². The summed E-state index contributed by atoms with van der Waals surface area (Å²) >= 11 is 1.26. The Morgan fingerprint density at radius 2 is 1.98 bits per heavy atom. The van der Waals surface area contributed by atoms with Crippen LogP contribution in [-0.2, 0) is 11.3 Å². The first-order valence-electron chi connectivity index (χ1n) is 13.1. The van der Waals surface area contributed by atoms with Crippen molar-refractivity contribution < 1.29 is 9.53 Å². The lowest BCUT2D eigenvalue weighted by atomic mass is 10.0. The molecular weight excluding hydrogens is 520 g/mol. The van der Waals surface area contributed by atoms with Crippen molar-refractivity contribution >= 4 is 50.7 Å². The molecule has 0 fully saturated rings. The average Bonchev–Trinajstić information content (AvgIpc) is 3.53. The van der Waals surface area contributed by atoms with Gasteiger partial charge in [0, 0.05) is 40.6 Å². The molecule has 0 aliphatic carbocycles. The second-order valence-electron chi connectivity index (χ2n) is 10.0. The van der Waals surface area contributed by atoms with Gasteiger partial charge < -0.3 is 9.30 Å². The summed E-state index contributed by atoms with van der Waals surface area (Å²) in [6.07, 6.45) is 7.14. The average molecular weight is 549 g/mol. The van der Waals surface area contributed by atoms with E-state index in [1.165, 1.54) is 27.9 Å². The number of fused-ring (bicyclic) bond motifs is 2. The summed E-state index contributed by atoms with van der Waals surface area (Å²) in [4.78, 5) is 21.4. The quantitative estimate of drug-likeness (QED) is 0.277. The largest absolute Gasteiger partial charge is 0.491 e. The number of nitrogens with one attached hydrogen (secondary N) is 1. The van der Waals surface area contributed by atoms with Crippen LogP contribution in [0.5, 0.6) is 5.75 Å². The lowest BCUT2D eigenvalue weighted by Crippen LogP contribution is -2.35. The molecule has 0 spiro atoms. The molecule has 8 nitrogen and oxygen atoms in total. The highest BCUT2D eigenvalue weighted by Crippen LogP contribution is 2.32. The predicted molar refractivity (Wildman–Crippen MR) is 161 cm³/mol. The standard InChI is InChI=1S/C31H28N6O2S/c1-19(2)23-11-10-20(3)15-27(23)39-14-13-36-18-22(24-8-4-5-9-26(24)36)16-25-28(32)37-31(34-29(25)38)40-30(35-37)21-7-6-12-33-17-21/h4-12,15-19,32H,13-14H2,1-3H3. The number of para-hydroxylation sites is 1. The fraction of sp³-hybridized carbons (Fsp3) is 0.194. The maximum Gasteiger partial charge on any atom is 0.283 e. The molecule has 0 saturated carbocycles. The maximum absolute atomic E-state index is 13.1. The number of aliphatic imine (C=N–C) groups is 1. The molecule has 4 aromatic rings. The number of hydrogen-bond acceptors (Lipinski definition) is 6. The number of thioether (sulfide) groups is 1. The number of rotatable bonds is 7. The van der Waals surface area contributed by atoms with Crippen molar-refractivity contribution in [2.45, 2.75) is 33.2 Å². The van der Waals surface area contributed by atoms with Crippen LogP contribution < -0.4 is 4.74 Å². The van der Waals surface area contributed by atoms with Gasteiger partial charge in [-0.1, -0.05) is 44.2 Å². The molecule has 0 saturated heterocycles. The third-order valence-electron chi connectivity index (χ3n) is 6.86.